The number of carbonyl (C=O) groups is 1. The second-order valence-electron chi connectivity index (χ2n) is 7.33. The van der Waals surface area contributed by atoms with Gasteiger partial charge < -0.3 is 15.1 Å². The highest BCUT2D eigenvalue weighted by Gasteiger charge is 2.24. The maximum absolute atomic E-state index is 13.0. The topological polar surface area (TPSA) is 61.4 Å². The lowest BCUT2D eigenvalue weighted by Crippen LogP contribution is -2.44. The smallest absolute Gasteiger partial charge is 0.262 e. The van der Waals surface area contributed by atoms with Gasteiger partial charge in [-0.1, -0.05) is 30.3 Å². The average Bonchev–Trinajstić information content (AvgIpc) is 3.06. The third kappa shape index (κ3) is 3.59. The van der Waals surface area contributed by atoms with Gasteiger partial charge in [0.05, 0.1) is 16.3 Å². The predicted molar refractivity (Wildman–Crippen MR) is 114 cm³/mol. The second kappa shape index (κ2) is 7.85. The van der Waals surface area contributed by atoms with E-state index in [2.05, 4.69) is 32.1 Å². The van der Waals surface area contributed by atoms with E-state index in [1.807, 2.05) is 44.2 Å². The van der Waals surface area contributed by atoms with Gasteiger partial charge in [0.2, 0.25) is 0 Å². The molecule has 0 saturated carbocycles. The van der Waals surface area contributed by atoms with E-state index in [0.29, 0.717) is 4.88 Å². The van der Waals surface area contributed by atoms with Gasteiger partial charge >= 0.3 is 0 Å². The molecule has 0 bridgehead atoms. The lowest BCUT2D eigenvalue weighted by atomic mass is 10.1. The maximum Gasteiger partial charge on any atom is 0.262 e. The number of piperazine rings is 1. The zero-order valence-corrected chi connectivity index (χ0v) is 17.3. The van der Waals surface area contributed by atoms with Crippen molar-refractivity contribution in [3.05, 3.63) is 52.7 Å². The largest absolute Gasteiger partial charge is 0.353 e. The van der Waals surface area contributed by atoms with Crippen molar-refractivity contribution >= 4 is 33.3 Å². The van der Waals surface area contributed by atoms with Crippen LogP contribution in [0.4, 0.5) is 5.82 Å². The molecule has 1 amide bonds. The molecule has 1 atom stereocenters. The van der Waals surface area contributed by atoms with E-state index >= 15 is 0 Å². The number of amides is 1. The first-order valence-corrected chi connectivity index (χ1v) is 10.4. The summed E-state index contributed by atoms with van der Waals surface area (Å²) in [6, 6.07) is 9.95. The summed E-state index contributed by atoms with van der Waals surface area (Å²) in [5, 5.41) is 4.13. The van der Waals surface area contributed by atoms with Crippen LogP contribution in [0.2, 0.25) is 0 Å². The summed E-state index contributed by atoms with van der Waals surface area (Å²) in [5.41, 5.74) is 2.06. The second-order valence-corrected chi connectivity index (χ2v) is 8.33. The highest BCUT2D eigenvalue weighted by Crippen LogP contribution is 2.35. The lowest BCUT2D eigenvalue weighted by Gasteiger charge is -2.33. The number of benzene rings is 1. The first kappa shape index (κ1) is 18.8. The first-order valence-electron chi connectivity index (χ1n) is 9.58. The highest BCUT2D eigenvalue weighted by molar-refractivity contribution is 7.20. The molecule has 3 aromatic rings. The van der Waals surface area contributed by atoms with Gasteiger partial charge in [0.25, 0.3) is 5.91 Å². The molecular weight excluding hydrogens is 370 g/mol. The van der Waals surface area contributed by atoms with Crippen molar-refractivity contribution in [2.24, 2.45) is 0 Å². The Morgan fingerprint density at radius 3 is 2.57 bits per heavy atom. The summed E-state index contributed by atoms with van der Waals surface area (Å²) in [4.78, 5) is 28.2. The summed E-state index contributed by atoms with van der Waals surface area (Å²) in [6.07, 6.45) is 1.61. The number of aromatic nitrogens is 2. The van der Waals surface area contributed by atoms with Crippen molar-refractivity contribution < 1.29 is 4.79 Å². The van der Waals surface area contributed by atoms with Crippen LogP contribution in [0.3, 0.4) is 0 Å². The van der Waals surface area contributed by atoms with Crippen molar-refractivity contribution in [2.75, 3.05) is 38.1 Å². The van der Waals surface area contributed by atoms with E-state index in [0.717, 1.165) is 53.3 Å². The molecule has 3 heterocycles. The number of anilines is 1. The molecule has 1 aliphatic heterocycles. The molecule has 146 valence electrons. The molecule has 0 aliphatic carbocycles. The minimum absolute atomic E-state index is 0.0542. The molecule has 4 rings (SSSR count). The van der Waals surface area contributed by atoms with Crippen LogP contribution in [0, 0.1) is 6.92 Å². The summed E-state index contributed by atoms with van der Waals surface area (Å²) in [7, 11) is 2.14. The van der Waals surface area contributed by atoms with Crippen LogP contribution in [0.15, 0.2) is 36.7 Å². The van der Waals surface area contributed by atoms with Crippen molar-refractivity contribution in [3.8, 4) is 0 Å². The van der Waals surface area contributed by atoms with Gasteiger partial charge in [0.1, 0.15) is 17.0 Å². The third-order valence-corrected chi connectivity index (χ3v) is 6.56. The molecule has 0 unspecified atom stereocenters. The fourth-order valence-electron chi connectivity index (χ4n) is 3.61. The number of thiophene rings is 1. The molecule has 7 heteroatoms. The molecule has 1 saturated heterocycles. The Balaban J connectivity index is 1.62. The fraction of sp³-hybridized carbons (Fsp3) is 0.381. The van der Waals surface area contributed by atoms with Gasteiger partial charge in [-0.2, -0.15) is 0 Å². The van der Waals surface area contributed by atoms with E-state index in [1.165, 1.54) is 11.3 Å². The van der Waals surface area contributed by atoms with Crippen molar-refractivity contribution in [3.63, 3.8) is 0 Å². The summed E-state index contributed by atoms with van der Waals surface area (Å²) in [5.74, 6) is 0.892. The van der Waals surface area contributed by atoms with Crippen LogP contribution in [0.25, 0.3) is 10.2 Å². The van der Waals surface area contributed by atoms with Crippen LogP contribution in [-0.2, 0) is 0 Å². The Morgan fingerprint density at radius 2 is 1.86 bits per heavy atom. The Labute approximate surface area is 169 Å². The van der Waals surface area contributed by atoms with Crippen LogP contribution >= 0.6 is 11.3 Å². The molecule has 28 heavy (non-hydrogen) atoms. The molecule has 1 aliphatic rings. The molecular formula is C21H25N5OS. The third-order valence-electron chi connectivity index (χ3n) is 5.36. The van der Waals surface area contributed by atoms with E-state index in [4.69, 9.17) is 0 Å². The van der Waals surface area contributed by atoms with Gasteiger partial charge in [-0.15, -0.1) is 11.3 Å². The van der Waals surface area contributed by atoms with Crippen molar-refractivity contribution in [2.45, 2.75) is 19.9 Å². The van der Waals surface area contributed by atoms with Crippen LogP contribution in [0.1, 0.15) is 33.8 Å². The molecule has 1 fully saturated rings. The summed E-state index contributed by atoms with van der Waals surface area (Å²) in [6.45, 7) is 7.90. The number of hydrogen-bond donors (Lipinski definition) is 1. The minimum atomic E-state index is -0.0545. The quantitative estimate of drug-likeness (QED) is 0.735. The molecule has 2 aromatic heterocycles. The lowest BCUT2D eigenvalue weighted by molar-refractivity contribution is 0.0943. The molecule has 0 spiro atoms. The highest BCUT2D eigenvalue weighted by atomic mass is 32.1. The van der Waals surface area contributed by atoms with E-state index in [9.17, 15) is 4.79 Å². The Kier molecular flexibility index (Phi) is 5.28. The fourth-order valence-corrected chi connectivity index (χ4v) is 4.66. The minimum Gasteiger partial charge on any atom is -0.353 e. The number of nitrogens with zero attached hydrogens (tertiary/aromatic N) is 4. The standard InChI is InChI=1S/C21H25N5OS/c1-14-17-19(26-11-9-25(3)10-12-26)22-13-23-21(17)28-18(14)20(27)24-15(2)16-7-5-4-6-8-16/h4-8,13,15H,9-12H2,1-3H3,(H,24,27)/t15-/m0/s1. The average molecular weight is 396 g/mol. The zero-order chi connectivity index (χ0) is 19.7. The SMILES string of the molecule is Cc1c(C(=O)N[C@@H](C)c2ccccc2)sc2ncnc(N3CCN(C)CC3)c12. The van der Waals surface area contributed by atoms with Gasteiger partial charge in [-0.25, -0.2) is 9.97 Å². The van der Waals surface area contributed by atoms with Crippen LogP contribution in [-0.4, -0.2) is 54.0 Å². The Bertz CT molecular complexity index is 979. The van der Waals surface area contributed by atoms with E-state index in [-0.39, 0.29) is 11.9 Å². The van der Waals surface area contributed by atoms with Crippen molar-refractivity contribution in [1.82, 2.24) is 20.2 Å². The molecule has 1 aromatic carbocycles. The molecule has 6 nitrogen and oxygen atoms in total. The number of carbonyl (C=O) groups excluding carboxylic acids is 1. The number of aryl methyl sites for hydroxylation is 1. The first-order chi connectivity index (χ1) is 13.5. The van der Waals surface area contributed by atoms with E-state index < -0.39 is 0 Å². The van der Waals surface area contributed by atoms with Gasteiger partial charge in [-0.3, -0.25) is 4.79 Å². The van der Waals surface area contributed by atoms with Crippen LogP contribution < -0.4 is 10.2 Å². The normalized spacial score (nSPS) is 16.3. The Hall–Kier alpha value is -2.51. The van der Waals surface area contributed by atoms with E-state index in [1.54, 1.807) is 6.33 Å². The number of fused-ring (bicyclic) bond motifs is 1. The van der Waals surface area contributed by atoms with Crippen molar-refractivity contribution in [1.29, 1.82) is 0 Å². The Morgan fingerprint density at radius 1 is 1.14 bits per heavy atom. The molecule has 1 N–H and O–H groups in total. The number of nitrogens with one attached hydrogen (secondary N) is 1. The van der Waals surface area contributed by atoms with Gasteiger partial charge in [0.15, 0.2) is 0 Å². The number of rotatable bonds is 4. The molecule has 0 radical (unpaired) electrons. The number of hydrogen-bond acceptors (Lipinski definition) is 6. The summed E-state index contributed by atoms with van der Waals surface area (Å²) >= 11 is 1.45. The van der Waals surface area contributed by atoms with Crippen LogP contribution in [0.5, 0.6) is 0 Å². The number of likely N-dealkylation sites (N-methyl/N-ethyl adjacent to an activating group) is 1. The summed E-state index contributed by atoms with van der Waals surface area (Å²) < 4.78 is 0. The maximum atomic E-state index is 13.0. The zero-order valence-electron chi connectivity index (χ0n) is 16.5. The predicted octanol–water partition coefficient (Wildman–Crippen LogP) is 3.24. The van der Waals surface area contributed by atoms with Gasteiger partial charge in [-0.05, 0) is 32.0 Å². The van der Waals surface area contributed by atoms with Gasteiger partial charge in [0, 0.05) is 26.2 Å². The monoisotopic (exact) mass is 395 g/mol.